The van der Waals surface area contributed by atoms with Crippen LogP contribution in [0.25, 0.3) is 56.0 Å². The highest BCUT2D eigenvalue weighted by Crippen LogP contribution is 2.38. The Labute approximate surface area is 216 Å². The number of rotatable bonds is 2. The van der Waals surface area contributed by atoms with E-state index in [-0.39, 0.29) is 12.3 Å². The van der Waals surface area contributed by atoms with E-state index in [0.717, 1.165) is 54.3 Å². The molecule has 2 aliphatic rings. The molecule has 7 aromatic rings. The zero-order valence-electron chi connectivity index (χ0n) is 20.4. The highest BCUT2D eigenvalue weighted by molar-refractivity contribution is 6.15. The van der Waals surface area contributed by atoms with Crippen molar-refractivity contribution in [3.8, 4) is 0 Å². The number of pyridine rings is 1. The van der Waals surface area contributed by atoms with Crippen LogP contribution < -0.4 is 21.2 Å². The lowest BCUT2D eigenvalue weighted by atomic mass is 10.1. The second-order valence-electron chi connectivity index (χ2n) is 10.0. The van der Waals surface area contributed by atoms with Crippen molar-refractivity contribution in [3.05, 3.63) is 124 Å². The van der Waals surface area contributed by atoms with Crippen molar-refractivity contribution in [1.29, 1.82) is 0 Å². The summed E-state index contributed by atoms with van der Waals surface area (Å²) in [4.78, 5) is 15.6. The highest BCUT2D eigenvalue weighted by Gasteiger charge is 2.24. The molecule has 178 valence electrons. The van der Waals surface area contributed by atoms with Gasteiger partial charge in [0.15, 0.2) is 0 Å². The molecule has 0 saturated carbocycles. The zero-order chi connectivity index (χ0) is 24.8. The van der Waals surface area contributed by atoms with E-state index in [1.807, 2.05) is 12.1 Å². The van der Waals surface area contributed by atoms with E-state index >= 15 is 0 Å². The molecule has 5 nitrogen and oxygen atoms in total. The second kappa shape index (κ2) is 7.26. The van der Waals surface area contributed by atoms with Crippen LogP contribution in [-0.2, 0) is 0 Å². The lowest BCUT2D eigenvalue weighted by Gasteiger charge is -2.13. The van der Waals surface area contributed by atoms with E-state index < -0.39 is 0 Å². The monoisotopic (exact) mass is 487 g/mol. The van der Waals surface area contributed by atoms with E-state index in [2.05, 4.69) is 112 Å². The first-order valence-electron chi connectivity index (χ1n) is 13.0. The Morgan fingerprint density at radius 2 is 0.921 bits per heavy atom. The van der Waals surface area contributed by atoms with Gasteiger partial charge in [-0.05, 0) is 52.9 Å². The third-order valence-corrected chi connectivity index (χ3v) is 7.95. The van der Waals surface area contributed by atoms with Crippen LogP contribution in [0.2, 0.25) is 0 Å². The van der Waals surface area contributed by atoms with Crippen LogP contribution in [0.1, 0.15) is 12.3 Å². The van der Waals surface area contributed by atoms with Gasteiger partial charge in [-0.15, -0.1) is 0 Å². The first-order valence-corrected chi connectivity index (χ1v) is 13.0. The molecule has 0 fully saturated rings. The normalized spacial score (nSPS) is 17.8. The maximum atomic E-state index is 5.43. The number of benzene rings is 4. The van der Waals surface area contributed by atoms with Gasteiger partial charge >= 0.3 is 0 Å². The van der Waals surface area contributed by atoms with Crippen LogP contribution in [0.15, 0.2) is 113 Å². The van der Waals surface area contributed by atoms with Crippen LogP contribution in [-0.4, -0.2) is 14.1 Å². The van der Waals surface area contributed by atoms with E-state index in [4.69, 9.17) is 15.0 Å². The summed E-state index contributed by atoms with van der Waals surface area (Å²) in [6, 6.07) is 36.1. The standard InChI is InChI=1S/C33H21N5/c1-5-13-26-20(9-1)17-30(34-26)37-28-15-7-3-11-22(28)24-19-25-23-12-4-8-16-29(23)38(33(25)36-32(24)37)31-18-21-10-2-6-14-27(21)35-31/h1-19,30-31H. The Kier molecular flexibility index (Phi) is 3.84. The molecule has 0 bridgehead atoms. The van der Waals surface area contributed by atoms with Gasteiger partial charge in [-0.3, -0.25) is 19.1 Å². The predicted molar refractivity (Wildman–Crippen MR) is 152 cm³/mol. The molecule has 4 aromatic carbocycles. The van der Waals surface area contributed by atoms with Crippen molar-refractivity contribution >= 4 is 56.0 Å². The van der Waals surface area contributed by atoms with Gasteiger partial charge in [0.2, 0.25) is 0 Å². The molecule has 3 aromatic heterocycles. The van der Waals surface area contributed by atoms with Crippen LogP contribution in [0.4, 0.5) is 0 Å². The fourth-order valence-electron chi connectivity index (χ4n) is 6.28. The molecule has 5 heterocycles. The molecule has 2 unspecified atom stereocenters. The minimum Gasteiger partial charge on any atom is -0.299 e. The van der Waals surface area contributed by atoms with E-state index in [1.165, 1.54) is 10.8 Å². The van der Waals surface area contributed by atoms with E-state index in [0.29, 0.717) is 0 Å². The van der Waals surface area contributed by atoms with Gasteiger partial charge in [0.05, 0.1) is 21.7 Å². The molecule has 0 N–H and O–H groups in total. The Morgan fingerprint density at radius 1 is 0.474 bits per heavy atom. The summed E-state index contributed by atoms with van der Waals surface area (Å²) in [6.45, 7) is 0. The average Bonchev–Trinajstić information content (AvgIpc) is 3.71. The SMILES string of the molecule is C1=c2ccccc2=NC1n1c2ccccc2c2cc3c4ccccc4n(C4C=c5ccccc5=N4)c3nc21. The Hall–Kier alpha value is -5.03. The Bertz CT molecular complexity index is 2140. The summed E-state index contributed by atoms with van der Waals surface area (Å²) in [5.74, 6) is 0. The summed E-state index contributed by atoms with van der Waals surface area (Å²) < 4.78 is 4.58. The first-order chi connectivity index (χ1) is 18.8. The van der Waals surface area contributed by atoms with Crippen molar-refractivity contribution in [2.75, 3.05) is 0 Å². The van der Waals surface area contributed by atoms with Crippen LogP contribution in [0.5, 0.6) is 0 Å². The van der Waals surface area contributed by atoms with Crippen molar-refractivity contribution in [2.45, 2.75) is 12.3 Å². The maximum Gasteiger partial charge on any atom is 0.147 e. The zero-order valence-corrected chi connectivity index (χ0v) is 20.4. The van der Waals surface area contributed by atoms with Crippen LogP contribution in [0, 0.1) is 0 Å². The number of fused-ring (bicyclic) bond motifs is 8. The van der Waals surface area contributed by atoms with Gasteiger partial charge in [-0.1, -0.05) is 72.8 Å². The van der Waals surface area contributed by atoms with Gasteiger partial charge in [-0.25, -0.2) is 4.98 Å². The summed E-state index contributed by atoms with van der Waals surface area (Å²) in [6.07, 6.45) is 4.17. The largest absolute Gasteiger partial charge is 0.299 e. The average molecular weight is 488 g/mol. The Balaban J connectivity index is 1.41. The molecule has 0 radical (unpaired) electrons. The number of hydrogen-bond acceptors (Lipinski definition) is 3. The molecule has 38 heavy (non-hydrogen) atoms. The molecule has 5 heteroatoms. The fraction of sp³-hybridized carbons (Fsp3) is 0.0606. The number of hydrogen-bond donors (Lipinski definition) is 0. The number of nitrogens with zero attached hydrogens (tertiary/aromatic N) is 5. The summed E-state index contributed by atoms with van der Waals surface area (Å²) in [5, 5.41) is 9.05. The quantitative estimate of drug-likeness (QED) is 0.354. The summed E-state index contributed by atoms with van der Waals surface area (Å²) in [7, 11) is 0. The molecular weight excluding hydrogens is 466 g/mol. The van der Waals surface area contributed by atoms with Gasteiger partial charge in [-0.2, -0.15) is 0 Å². The topological polar surface area (TPSA) is 47.5 Å². The van der Waals surface area contributed by atoms with Crippen LogP contribution in [0.3, 0.4) is 0 Å². The van der Waals surface area contributed by atoms with Gasteiger partial charge in [0.25, 0.3) is 0 Å². The fourth-order valence-corrected chi connectivity index (χ4v) is 6.28. The smallest absolute Gasteiger partial charge is 0.147 e. The molecule has 0 aliphatic carbocycles. The first kappa shape index (κ1) is 20.1. The Morgan fingerprint density at radius 3 is 1.42 bits per heavy atom. The van der Waals surface area contributed by atoms with Crippen molar-refractivity contribution in [3.63, 3.8) is 0 Å². The lowest BCUT2D eigenvalue weighted by Crippen LogP contribution is -2.19. The van der Waals surface area contributed by atoms with Crippen molar-refractivity contribution in [2.24, 2.45) is 9.98 Å². The predicted octanol–water partition coefficient (Wildman–Crippen LogP) is 4.52. The van der Waals surface area contributed by atoms with Gasteiger partial charge in [0.1, 0.15) is 23.6 Å². The minimum absolute atomic E-state index is 0.149. The molecule has 0 saturated heterocycles. The van der Waals surface area contributed by atoms with Crippen molar-refractivity contribution < 1.29 is 0 Å². The number of para-hydroxylation sites is 4. The summed E-state index contributed by atoms with van der Waals surface area (Å²) >= 11 is 0. The third kappa shape index (κ3) is 2.62. The highest BCUT2D eigenvalue weighted by atomic mass is 15.2. The molecule has 2 atom stereocenters. The van der Waals surface area contributed by atoms with Gasteiger partial charge in [0, 0.05) is 21.5 Å². The van der Waals surface area contributed by atoms with Crippen molar-refractivity contribution in [1.82, 2.24) is 14.1 Å². The molecule has 9 rings (SSSR count). The molecular formula is C33H21N5. The van der Waals surface area contributed by atoms with E-state index in [1.54, 1.807) is 0 Å². The van der Waals surface area contributed by atoms with Crippen LogP contribution >= 0.6 is 0 Å². The van der Waals surface area contributed by atoms with Gasteiger partial charge < -0.3 is 0 Å². The maximum absolute atomic E-state index is 5.43. The second-order valence-corrected chi connectivity index (χ2v) is 10.0. The summed E-state index contributed by atoms with van der Waals surface area (Å²) in [5.41, 5.74) is 4.16. The number of aromatic nitrogens is 3. The molecule has 2 aliphatic heterocycles. The molecule has 0 amide bonds. The minimum atomic E-state index is -0.149. The van der Waals surface area contributed by atoms with E-state index in [9.17, 15) is 0 Å². The lowest BCUT2D eigenvalue weighted by molar-refractivity contribution is 0.690. The molecule has 0 spiro atoms. The third-order valence-electron chi connectivity index (χ3n) is 7.95.